The predicted octanol–water partition coefficient (Wildman–Crippen LogP) is 4.72. The summed E-state index contributed by atoms with van der Waals surface area (Å²) in [5.74, 6) is -0.135. The van der Waals surface area contributed by atoms with Gasteiger partial charge in [-0.05, 0) is 62.1 Å². The zero-order chi connectivity index (χ0) is 22.1. The highest BCUT2D eigenvalue weighted by Crippen LogP contribution is 2.38. The Morgan fingerprint density at radius 2 is 1.90 bits per heavy atom. The highest BCUT2D eigenvalue weighted by molar-refractivity contribution is 5.30. The second-order valence-corrected chi connectivity index (χ2v) is 8.12. The number of alkyl halides is 3. The lowest BCUT2D eigenvalue weighted by Crippen LogP contribution is -2.25. The van der Waals surface area contributed by atoms with Crippen molar-refractivity contribution < 1.29 is 33.2 Å². The van der Waals surface area contributed by atoms with Crippen molar-refractivity contribution in [3.05, 3.63) is 42.0 Å². The van der Waals surface area contributed by atoms with E-state index in [0.717, 1.165) is 31.4 Å². The van der Waals surface area contributed by atoms with E-state index in [1.54, 1.807) is 0 Å². The third-order valence-corrected chi connectivity index (χ3v) is 5.76. The third-order valence-electron chi connectivity index (χ3n) is 5.76. The number of aliphatic hydroxyl groups is 3. The van der Waals surface area contributed by atoms with E-state index in [-0.39, 0.29) is 24.2 Å². The Morgan fingerprint density at radius 1 is 1.17 bits per heavy atom. The summed E-state index contributed by atoms with van der Waals surface area (Å²) in [6.07, 6.45) is 2.76. The molecule has 1 saturated carbocycles. The van der Waals surface area contributed by atoms with Crippen LogP contribution in [-0.2, 0) is 6.18 Å². The van der Waals surface area contributed by atoms with Gasteiger partial charge in [0.15, 0.2) is 0 Å². The first-order valence-corrected chi connectivity index (χ1v) is 10.7. The van der Waals surface area contributed by atoms with E-state index in [0.29, 0.717) is 25.7 Å². The molecule has 170 valence electrons. The topological polar surface area (TPSA) is 69.9 Å². The fourth-order valence-electron chi connectivity index (χ4n) is 4.02. The van der Waals surface area contributed by atoms with Crippen molar-refractivity contribution in [2.75, 3.05) is 6.61 Å². The lowest BCUT2D eigenvalue weighted by atomic mass is 9.86. The molecule has 0 radical (unpaired) electrons. The number of unbranched alkanes of at least 4 members (excludes halogenated alkanes) is 2. The number of hydrogen-bond donors (Lipinski definition) is 3. The van der Waals surface area contributed by atoms with Gasteiger partial charge in [0.1, 0.15) is 12.4 Å². The quantitative estimate of drug-likeness (QED) is 0.351. The van der Waals surface area contributed by atoms with E-state index in [2.05, 4.69) is 19.1 Å². The molecule has 0 aliphatic heterocycles. The predicted molar refractivity (Wildman–Crippen MR) is 109 cm³/mol. The molecule has 5 atom stereocenters. The van der Waals surface area contributed by atoms with Gasteiger partial charge in [0, 0.05) is 0 Å². The molecule has 7 heteroatoms. The van der Waals surface area contributed by atoms with Crippen molar-refractivity contribution in [1.29, 1.82) is 0 Å². The maximum atomic E-state index is 12.8. The summed E-state index contributed by atoms with van der Waals surface area (Å²) in [6.45, 7) is 2.00. The molecular weight excluding hydrogens is 397 g/mol. The molecule has 1 aliphatic rings. The van der Waals surface area contributed by atoms with Crippen LogP contribution < -0.4 is 4.74 Å². The van der Waals surface area contributed by atoms with Crippen LogP contribution in [0.25, 0.3) is 0 Å². The molecule has 0 bridgehead atoms. The van der Waals surface area contributed by atoms with E-state index >= 15 is 0 Å². The number of ether oxygens (including phenoxy) is 1. The van der Waals surface area contributed by atoms with E-state index in [1.165, 1.54) is 12.1 Å². The van der Waals surface area contributed by atoms with Gasteiger partial charge in [-0.1, -0.05) is 38.0 Å². The number of benzene rings is 1. The van der Waals surface area contributed by atoms with Crippen LogP contribution >= 0.6 is 0 Å². The van der Waals surface area contributed by atoms with Crippen molar-refractivity contribution in [1.82, 2.24) is 0 Å². The zero-order valence-electron chi connectivity index (χ0n) is 17.4. The Kier molecular flexibility index (Phi) is 9.65. The van der Waals surface area contributed by atoms with Gasteiger partial charge in [-0.3, -0.25) is 0 Å². The highest BCUT2D eigenvalue weighted by atomic mass is 19.4. The Morgan fingerprint density at radius 3 is 2.60 bits per heavy atom. The van der Waals surface area contributed by atoms with Crippen LogP contribution in [0.4, 0.5) is 13.2 Å². The molecule has 4 nitrogen and oxygen atoms in total. The summed E-state index contributed by atoms with van der Waals surface area (Å²) in [5.41, 5.74) is -0.799. The highest BCUT2D eigenvalue weighted by Gasteiger charge is 2.40. The van der Waals surface area contributed by atoms with E-state index in [1.807, 2.05) is 0 Å². The van der Waals surface area contributed by atoms with E-state index < -0.39 is 30.1 Å². The van der Waals surface area contributed by atoms with Gasteiger partial charge >= 0.3 is 6.18 Å². The molecule has 5 unspecified atom stereocenters. The smallest absolute Gasteiger partial charge is 0.416 e. The SMILES string of the molecule is CCCC/C=C/CC1C(O)CC(O)C1CCC(O)COc1cccc(C(F)(F)F)c1. The Labute approximate surface area is 176 Å². The number of rotatable bonds is 11. The second kappa shape index (κ2) is 11.7. The lowest BCUT2D eigenvalue weighted by molar-refractivity contribution is -0.137. The summed E-state index contributed by atoms with van der Waals surface area (Å²) in [7, 11) is 0. The summed E-state index contributed by atoms with van der Waals surface area (Å²) >= 11 is 0. The summed E-state index contributed by atoms with van der Waals surface area (Å²) < 4.78 is 43.6. The second-order valence-electron chi connectivity index (χ2n) is 8.12. The Hall–Kier alpha value is -1.57. The molecule has 0 spiro atoms. The minimum absolute atomic E-state index is 0.0512. The number of hydrogen-bond acceptors (Lipinski definition) is 4. The fraction of sp³-hybridized carbons (Fsp3) is 0.652. The number of halogens is 3. The zero-order valence-corrected chi connectivity index (χ0v) is 17.4. The van der Waals surface area contributed by atoms with Crippen LogP contribution in [0, 0.1) is 11.8 Å². The Balaban J connectivity index is 1.82. The Bertz CT molecular complexity index is 662. The molecule has 1 aromatic rings. The van der Waals surface area contributed by atoms with Crippen LogP contribution in [0.15, 0.2) is 36.4 Å². The normalized spacial score (nSPS) is 25.7. The molecule has 1 aromatic carbocycles. The van der Waals surface area contributed by atoms with Gasteiger partial charge < -0.3 is 20.1 Å². The van der Waals surface area contributed by atoms with Crippen molar-refractivity contribution in [3.63, 3.8) is 0 Å². The molecule has 1 fully saturated rings. The number of allylic oxidation sites excluding steroid dienone is 2. The van der Waals surface area contributed by atoms with Gasteiger partial charge in [0.2, 0.25) is 0 Å². The molecular formula is C23H33F3O4. The molecule has 3 N–H and O–H groups in total. The van der Waals surface area contributed by atoms with Crippen LogP contribution in [-0.4, -0.2) is 40.2 Å². The maximum Gasteiger partial charge on any atom is 0.416 e. The van der Waals surface area contributed by atoms with Crippen molar-refractivity contribution in [2.45, 2.75) is 76.4 Å². The minimum Gasteiger partial charge on any atom is -0.491 e. The monoisotopic (exact) mass is 430 g/mol. The molecule has 2 rings (SSSR count). The minimum atomic E-state index is -4.45. The average Bonchev–Trinajstić information content (AvgIpc) is 2.96. The fourth-order valence-corrected chi connectivity index (χ4v) is 4.02. The number of aliphatic hydroxyl groups excluding tert-OH is 3. The molecule has 0 heterocycles. The molecule has 30 heavy (non-hydrogen) atoms. The van der Waals surface area contributed by atoms with Gasteiger partial charge in [-0.2, -0.15) is 13.2 Å². The van der Waals surface area contributed by atoms with Gasteiger partial charge in [-0.25, -0.2) is 0 Å². The van der Waals surface area contributed by atoms with E-state index in [9.17, 15) is 28.5 Å². The van der Waals surface area contributed by atoms with Gasteiger partial charge in [-0.15, -0.1) is 0 Å². The first-order chi connectivity index (χ1) is 14.2. The van der Waals surface area contributed by atoms with Crippen LogP contribution in [0.3, 0.4) is 0 Å². The van der Waals surface area contributed by atoms with Crippen LogP contribution in [0.5, 0.6) is 5.75 Å². The van der Waals surface area contributed by atoms with Gasteiger partial charge in [0.25, 0.3) is 0 Å². The lowest BCUT2D eigenvalue weighted by Gasteiger charge is -2.23. The van der Waals surface area contributed by atoms with Crippen molar-refractivity contribution in [2.24, 2.45) is 11.8 Å². The molecule has 0 saturated heterocycles. The average molecular weight is 431 g/mol. The van der Waals surface area contributed by atoms with E-state index in [4.69, 9.17) is 4.74 Å². The first-order valence-electron chi connectivity index (χ1n) is 10.7. The first kappa shape index (κ1) is 24.7. The summed E-state index contributed by atoms with van der Waals surface area (Å²) in [6, 6.07) is 4.55. The van der Waals surface area contributed by atoms with Crippen LogP contribution in [0.1, 0.15) is 57.4 Å². The van der Waals surface area contributed by atoms with Crippen LogP contribution in [0.2, 0.25) is 0 Å². The molecule has 0 amide bonds. The largest absolute Gasteiger partial charge is 0.491 e. The van der Waals surface area contributed by atoms with Gasteiger partial charge in [0.05, 0.1) is 23.9 Å². The standard InChI is InChI=1S/C23H33F3O4/c1-2-3-4-5-6-10-19-20(22(29)14-21(19)28)12-11-17(27)15-30-18-9-7-8-16(13-18)23(24,25)26/h5-9,13,17,19-22,27-29H,2-4,10-12,14-15H2,1H3/b6-5+. The molecule has 1 aliphatic carbocycles. The molecule has 0 aromatic heterocycles. The van der Waals surface area contributed by atoms with Crippen molar-refractivity contribution in [3.8, 4) is 5.75 Å². The summed E-state index contributed by atoms with van der Waals surface area (Å²) in [4.78, 5) is 0. The third kappa shape index (κ3) is 7.60. The summed E-state index contributed by atoms with van der Waals surface area (Å²) in [5, 5.41) is 30.8. The van der Waals surface area contributed by atoms with Crippen molar-refractivity contribution >= 4 is 0 Å². The maximum absolute atomic E-state index is 12.8.